The van der Waals surface area contributed by atoms with Gasteiger partial charge in [0.25, 0.3) is 0 Å². The number of ether oxygens (including phenoxy) is 6. The van der Waals surface area contributed by atoms with Gasteiger partial charge in [-0.15, -0.1) is 0 Å². The molecule has 11 atom stereocenters. The molecule has 0 amide bonds. The summed E-state index contributed by atoms with van der Waals surface area (Å²) in [4.78, 5) is 67.9. The number of carboxylic acid groups (broad SMARTS) is 1. The van der Waals surface area contributed by atoms with E-state index in [2.05, 4.69) is 0 Å². The Labute approximate surface area is 306 Å². The smallest absolute Gasteiger partial charge is 0.312 e. The minimum atomic E-state index is -1.34. The predicted octanol–water partition coefficient (Wildman–Crippen LogP) is 5.76. The number of rotatable bonds is 14. The van der Waals surface area contributed by atoms with Crippen LogP contribution in [-0.2, 0) is 52.4 Å². The number of esters is 4. The SMILES string of the molecule is CCC(C)(CC(C)(CC(C)(C)C(=O)OC12CC3CC(C1)CC(C(=O)O)(C3)C2)C(=O)OC1C2CC3C(=O)OC1C3C2)C(=O)OCC1CCCC(OC)O1. The van der Waals surface area contributed by atoms with Crippen LogP contribution in [0.25, 0.3) is 0 Å². The van der Waals surface area contributed by atoms with Crippen LogP contribution in [0.2, 0.25) is 0 Å². The van der Waals surface area contributed by atoms with E-state index in [1.54, 1.807) is 34.8 Å². The van der Waals surface area contributed by atoms with Crippen LogP contribution in [0.5, 0.6) is 0 Å². The van der Waals surface area contributed by atoms with Crippen LogP contribution in [0, 0.1) is 51.2 Å². The minimum Gasteiger partial charge on any atom is -0.481 e. The van der Waals surface area contributed by atoms with Crippen molar-refractivity contribution in [3.63, 3.8) is 0 Å². The molecule has 6 bridgehead atoms. The Bertz CT molecular complexity index is 1460. The van der Waals surface area contributed by atoms with Crippen molar-refractivity contribution in [3.05, 3.63) is 0 Å². The van der Waals surface area contributed by atoms with Crippen LogP contribution >= 0.6 is 0 Å². The first-order valence-electron chi connectivity index (χ1n) is 19.7. The molecular weight excluding hydrogens is 672 g/mol. The van der Waals surface area contributed by atoms with Gasteiger partial charge in [-0.25, -0.2) is 0 Å². The van der Waals surface area contributed by atoms with Gasteiger partial charge in [-0.3, -0.25) is 24.0 Å². The fourth-order valence-corrected chi connectivity index (χ4v) is 12.2. The number of fused-ring (bicyclic) bond motifs is 1. The molecule has 0 aromatic rings. The summed E-state index contributed by atoms with van der Waals surface area (Å²) in [6.07, 6.45) is 6.35. The van der Waals surface area contributed by atoms with E-state index in [0.29, 0.717) is 44.9 Å². The molecule has 6 aliphatic carbocycles. The molecule has 0 aromatic carbocycles. The number of carboxylic acids is 1. The average Bonchev–Trinajstić information content (AvgIpc) is 3.71. The quantitative estimate of drug-likeness (QED) is 0.170. The van der Waals surface area contributed by atoms with E-state index >= 15 is 0 Å². The van der Waals surface area contributed by atoms with Crippen molar-refractivity contribution in [2.24, 2.45) is 51.2 Å². The van der Waals surface area contributed by atoms with Gasteiger partial charge >= 0.3 is 29.8 Å². The summed E-state index contributed by atoms with van der Waals surface area (Å²) in [5.74, 6) is -2.20. The van der Waals surface area contributed by atoms with Crippen molar-refractivity contribution in [1.29, 1.82) is 0 Å². The van der Waals surface area contributed by atoms with Gasteiger partial charge in [0.15, 0.2) is 6.29 Å². The van der Waals surface area contributed by atoms with Gasteiger partial charge in [0.2, 0.25) is 0 Å². The highest BCUT2D eigenvalue weighted by atomic mass is 16.7. The highest BCUT2D eigenvalue weighted by molar-refractivity contribution is 5.83. The lowest BCUT2D eigenvalue weighted by molar-refractivity contribution is -0.217. The molecule has 8 aliphatic rings. The molecule has 2 aliphatic heterocycles. The lowest BCUT2D eigenvalue weighted by Gasteiger charge is -2.59. The monoisotopic (exact) mass is 730 g/mol. The normalized spacial score (nSPS) is 40.8. The summed E-state index contributed by atoms with van der Waals surface area (Å²) in [5.41, 5.74) is -5.37. The zero-order valence-electron chi connectivity index (χ0n) is 31.7. The molecule has 52 heavy (non-hydrogen) atoms. The Balaban J connectivity index is 1.10. The van der Waals surface area contributed by atoms with Gasteiger partial charge in [0, 0.05) is 25.4 Å². The van der Waals surface area contributed by atoms with E-state index in [0.717, 1.165) is 32.1 Å². The second-order valence-corrected chi connectivity index (χ2v) is 19.1. The van der Waals surface area contributed by atoms with Gasteiger partial charge in [-0.1, -0.05) is 6.92 Å². The molecule has 8 rings (SSSR count). The van der Waals surface area contributed by atoms with Crippen LogP contribution < -0.4 is 0 Å². The van der Waals surface area contributed by atoms with Crippen molar-refractivity contribution in [1.82, 2.24) is 0 Å². The third-order valence-electron chi connectivity index (χ3n) is 14.3. The summed E-state index contributed by atoms with van der Waals surface area (Å²) in [6.45, 7) is 8.98. The van der Waals surface area contributed by atoms with Crippen molar-refractivity contribution in [2.75, 3.05) is 13.7 Å². The second kappa shape index (κ2) is 13.2. The molecule has 11 unspecified atom stereocenters. The second-order valence-electron chi connectivity index (χ2n) is 19.1. The van der Waals surface area contributed by atoms with E-state index in [1.807, 2.05) is 6.92 Å². The number of aliphatic carboxylic acids is 1. The van der Waals surface area contributed by atoms with Crippen LogP contribution in [0.1, 0.15) is 125 Å². The molecular formula is C40H58O12. The molecule has 12 nitrogen and oxygen atoms in total. The Morgan fingerprint density at radius 3 is 2.27 bits per heavy atom. The molecule has 290 valence electrons. The van der Waals surface area contributed by atoms with Crippen LogP contribution in [0.3, 0.4) is 0 Å². The first-order valence-corrected chi connectivity index (χ1v) is 19.7. The molecule has 2 saturated heterocycles. The number of carbonyl (C=O) groups excluding carboxylic acids is 4. The third kappa shape index (κ3) is 6.55. The van der Waals surface area contributed by atoms with Crippen LogP contribution in [0.4, 0.5) is 0 Å². The number of hydrogen-bond acceptors (Lipinski definition) is 11. The predicted molar refractivity (Wildman–Crippen MR) is 183 cm³/mol. The van der Waals surface area contributed by atoms with E-state index in [4.69, 9.17) is 28.4 Å². The zero-order valence-corrected chi connectivity index (χ0v) is 31.7. The summed E-state index contributed by atoms with van der Waals surface area (Å²) < 4.78 is 35.6. The fraction of sp³-hybridized carbons (Fsp3) is 0.875. The van der Waals surface area contributed by atoms with Gasteiger partial charge in [-0.05, 0) is 123 Å². The fourth-order valence-electron chi connectivity index (χ4n) is 12.2. The number of methoxy groups -OCH3 is 1. The van der Waals surface area contributed by atoms with E-state index < -0.39 is 63.3 Å². The van der Waals surface area contributed by atoms with Gasteiger partial charge in [0.05, 0.1) is 33.7 Å². The number of hydrogen-bond donors (Lipinski definition) is 1. The zero-order chi connectivity index (χ0) is 37.4. The minimum absolute atomic E-state index is 0.0166. The van der Waals surface area contributed by atoms with E-state index in [-0.39, 0.29) is 67.4 Å². The van der Waals surface area contributed by atoms with Crippen LogP contribution in [-0.4, -0.2) is 78.9 Å². The Morgan fingerprint density at radius 1 is 0.904 bits per heavy atom. The molecule has 8 fully saturated rings. The summed E-state index contributed by atoms with van der Waals surface area (Å²) in [5, 5.41) is 10.3. The average molecular weight is 731 g/mol. The molecule has 2 heterocycles. The molecule has 0 aromatic heterocycles. The summed E-state index contributed by atoms with van der Waals surface area (Å²) >= 11 is 0. The standard InChI is InChI=1S/C40H58O12/c1-7-37(4,34(45)48-18-25-9-8-10-28(47-6)49-25)20-38(5,35(46)51-29-24-12-26-27(13-24)31(41)50-30(26)29)19-36(2,3)33(44)52-40-16-22-11-23(17-40)15-39(14-22,21-40)32(42)43/h22-30H,7-21H2,1-6H3,(H,42,43). The Kier molecular flexibility index (Phi) is 9.57. The van der Waals surface area contributed by atoms with E-state index in [1.165, 1.54) is 0 Å². The van der Waals surface area contributed by atoms with E-state index in [9.17, 15) is 29.1 Å². The molecule has 1 N–H and O–H groups in total. The lowest BCUT2D eigenvalue weighted by atomic mass is 9.48. The maximum atomic E-state index is 14.6. The Hall–Kier alpha value is -2.73. The summed E-state index contributed by atoms with van der Waals surface area (Å²) in [6, 6.07) is 0. The van der Waals surface area contributed by atoms with Gasteiger partial charge in [0.1, 0.15) is 24.4 Å². The maximum Gasteiger partial charge on any atom is 0.312 e. The Morgan fingerprint density at radius 2 is 1.62 bits per heavy atom. The topological polar surface area (TPSA) is 161 Å². The first kappa shape index (κ1) is 37.6. The molecule has 0 radical (unpaired) electrons. The van der Waals surface area contributed by atoms with Crippen molar-refractivity contribution in [3.8, 4) is 0 Å². The summed E-state index contributed by atoms with van der Waals surface area (Å²) in [7, 11) is 1.59. The largest absolute Gasteiger partial charge is 0.481 e. The van der Waals surface area contributed by atoms with Crippen molar-refractivity contribution < 1.29 is 57.5 Å². The lowest BCUT2D eigenvalue weighted by Crippen LogP contribution is -2.60. The molecule has 6 saturated carbocycles. The maximum absolute atomic E-state index is 14.6. The molecule has 0 spiro atoms. The van der Waals surface area contributed by atoms with Crippen molar-refractivity contribution in [2.45, 2.75) is 155 Å². The molecule has 12 heteroatoms. The van der Waals surface area contributed by atoms with Crippen molar-refractivity contribution >= 4 is 29.8 Å². The number of carbonyl (C=O) groups is 5. The van der Waals surface area contributed by atoms with Gasteiger partial charge in [-0.2, -0.15) is 0 Å². The third-order valence-corrected chi connectivity index (χ3v) is 14.3. The van der Waals surface area contributed by atoms with Crippen LogP contribution in [0.15, 0.2) is 0 Å². The highest BCUT2D eigenvalue weighted by Gasteiger charge is 2.65. The van der Waals surface area contributed by atoms with Gasteiger partial charge < -0.3 is 33.5 Å². The first-order chi connectivity index (χ1) is 24.4. The highest BCUT2D eigenvalue weighted by Crippen LogP contribution is 2.63.